The highest BCUT2D eigenvalue weighted by atomic mass is 15.2. The zero-order valence-electron chi connectivity index (χ0n) is 38.0. The average molecular weight is 827 g/mol. The van der Waals surface area contributed by atoms with E-state index in [1.165, 1.54) is 99.7 Å². The molecular formula is C59H51BN4. The lowest BCUT2D eigenvalue weighted by Crippen LogP contribution is -2.60. The lowest BCUT2D eigenvalue weighted by molar-refractivity contribution is 0.590. The zero-order valence-corrected chi connectivity index (χ0v) is 38.0. The summed E-state index contributed by atoms with van der Waals surface area (Å²) in [6.45, 7) is 18.3. The molecule has 0 fully saturated rings. The molecule has 2 aliphatic heterocycles. The summed E-state index contributed by atoms with van der Waals surface area (Å²) in [7, 11) is 0. The van der Waals surface area contributed by atoms with Gasteiger partial charge in [0.2, 0.25) is 0 Å². The summed E-state index contributed by atoms with van der Waals surface area (Å²) in [6.07, 6.45) is 0. The molecule has 0 unspecified atom stereocenters. The van der Waals surface area contributed by atoms with Crippen molar-refractivity contribution in [3.63, 3.8) is 0 Å². The molecule has 0 saturated carbocycles. The molecular weight excluding hydrogens is 775 g/mol. The van der Waals surface area contributed by atoms with E-state index in [0.717, 1.165) is 22.7 Å². The third kappa shape index (κ3) is 5.59. The van der Waals surface area contributed by atoms with Crippen LogP contribution in [0.5, 0.6) is 0 Å². The summed E-state index contributed by atoms with van der Waals surface area (Å²) in [6, 6.07) is 61.5. The first-order chi connectivity index (χ1) is 30.9. The number of aryl methyl sites for hydroxylation is 2. The first-order valence-corrected chi connectivity index (χ1v) is 22.8. The molecule has 0 N–H and O–H groups in total. The predicted molar refractivity (Wildman–Crippen MR) is 272 cm³/mol. The molecule has 0 amide bonds. The Hall–Kier alpha value is -7.11. The lowest BCUT2D eigenvalue weighted by Gasteiger charge is -2.41. The molecule has 0 saturated heterocycles. The molecule has 0 radical (unpaired) electrons. The second-order valence-corrected chi connectivity index (χ2v) is 20.2. The van der Waals surface area contributed by atoms with Crippen molar-refractivity contribution in [2.45, 2.75) is 66.2 Å². The van der Waals surface area contributed by atoms with E-state index in [0.29, 0.717) is 0 Å². The van der Waals surface area contributed by atoms with E-state index in [1.54, 1.807) is 0 Å². The molecule has 0 atom stereocenters. The average Bonchev–Trinajstić information content (AvgIpc) is 3.83. The number of anilines is 3. The van der Waals surface area contributed by atoms with E-state index in [-0.39, 0.29) is 17.5 Å². The monoisotopic (exact) mass is 826 g/mol. The van der Waals surface area contributed by atoms with E-state index >= 15 is 0 Å². The highest BCUT2D eigenvalue weighted by Gasteiger charge is 2.44. The largest absolute Gasteiger partial charge is 0.311 e. The molecule has 310 valence electrons. The van der Waals surface area contributed by atoms with Gasteiger partial charge < -0.3 is 9.47 Å². The molecule has 2 aromatic heterocycles. The summed E-state index contributed by atoms with van der Waals surface area (Å²) < 4.78 is 4.96. The summed E-state index contributed by atoms with van der Waals surface area (Å²) in [5.74, 6) is 1.00. The maximum absolute atomic E-state index is 5.64. The first-order valence-electron chi connectivity index (χ1n) is 22.8. The number of aromatic nitrogens is 3. The van der Waals surface area contributed by atoms with E-state index in [4.69, 9.17) is 4.98 Å². The fourth-order valence-corrected chi connectivity index (χ4v) is 10.9. The van der Waals surface area contributed by atoms with Crippen molar-refractivity contribution in [3.8, 4) is 33.9 Å². The molecule has 0 aliphatic carbocycles. The van der Waals surface area contributed by atoms with Crippen molar-refractivity contribution in [2.24, 2.45) is 0 Å². The van der Waals surface area contributed by atoms with Gasteiger partial charge in [-0.2, -0.15) is 0 Å². The van der Waals surface area contributed by atoms with Crippen LogP contribution in [-0.4, -0.2) is 20.8 Å². The Morgan fingerprint density at radius 3 is 1.81 bits per heavy atom. The van der Waals surface area contributed by atoms with Gasteiger partial charge in [-0.1, -0.05) is 151 Å². The molecule has 64 heavy (non-hydrogen) atoms. The fourth-order valence-electron chi connectivity index (χ4n) is 10.9. The van der Waals surface area contributed by atoms with Crippen molar-refractivity contribution in [2.75, 3.05) is 4.90 Å². The van der Waals surface area contributed by atoms with Crippen LogP contribution in [0, 0.1) is 13.8 Å². The van der Waals surface area contributed by atoms with Gasteiger partial charge in [0.05, 0.1) is 27.8 Å². The Morgan fingerprint density at radius 2 is 1.12 bits per heavy atom. The molecule has 4 heterocycles. The summed E-state index contributed by atoms with van der Waals surface area (Å²) in [5.41, 5.74) is 23.0. The minimum absolute atomic E-state index is 0.0292. The minimum Gasteiger partial charge on any atom is -0.311 e. The Morgan fingerprint density at radius 1 is 0.484 bits per heavy atom. The standard InChI is InChI=1S/C59H51BN4/c1-36-18-16-19-37(2)54(36)57-61-47-34-40(59(6,7)8)33-46-56(47)64(57)52-27-17-26-51-55(52)60(46)45-30-29-41(62-48-24-14-12-22-42(48)43-23-13-15-25-49(43)62)35-53(45)63(51)50-31-28-39(58(3,4)5)32-44(50)38-20-10-9-11-21-38/h9-35H,1-8H3. The number of fused-ring (bicyclic) bond motifs is 7. The smallest absolute Gasteiger partial charge is 0.252 e. The second-order valence-electron chi connectivity index (χ2n) is 20.2. The summed E-state index contributed by atoms with van der Waals surface area (Å²) in [5, 5.41) is 2.52. The van der Waals surface area contributed by atoms with Crippen LogP contribution in [0.2, 0.25) is 0 Å². The van der Waals surface area contributed by atoms with Crippen molar-refractivity contribution in [3.05, 3.63) is 186 Å². The second kappa shape index (κ2) is 13.7. The Labute approximate surface area is 376 Å². The van der Waals surface area contributed by atoms with E-state index in [1.807, 2.05) is 0 Å². The van der Waals surface area contributed by atoms with Crippen LogP contribution < -0.4 is 21.3 Å². The van der Waals surface area contributed by atoms with Crippen LogP contribution in [0.4, 0.5) is 17.1 Å². The Balaban J connectivity index is 1.22. The molecule has 0 bridgehead atoms. The number of nitrogens with zero attached hydrogens (tertiary/aromatic N) is 4. The third-order valence-corrected chi connectivity index (χ3v) is 14.1. The molecule has 5 heteroatoms. The predicted octanol–water partition coefficient (Wildman–Crippen LogP) is 13.3. The van der Waals surface area contributed by atoms with Crippen molar-refractivity contribution in [1.29, 1.82) is 0 Å². The summed E-state index contributed by atoms with van der Waals surface area (Å²) >= 11 is 0. The summed E-state index contributed by atoms with van der Waals surface area (Å²) in [4.78, 5) is 8.23. The maximum Gasteiger partial charge on any atom is 0.252 e. The number of benzene rings is 8. The molecule has 8 aromatic carbocycles. The lowest BCUT2D eigenvalue weighted by atomic mass is 9.33. The molecule has 2 aliphatic rings. The van der Waals surface area contributed by atoms with E-state index in [2.05, 4.69) is 233 Å². The quantitative estimate of drug-likeness (QED) is 0.165. The van der Waals surface area contributed by atoms with Gasteiger partial charge in [-0.05, 0) is 123 Å². The number of imidazole rings is 1. The molecule has 12 rings (SSSR count). The highest BCUT2D eigenvalue weighted by Crippen LogP contribution is 2.47. The van der Waals surface area contributed by atoms with Crippen LogP contribution in [-0.2, 0) is 10.8 Å². The fraction of sp³-hybridized carbons (Fsp3) is 0.169. The van der Waals surface area contributed by atoms with Crippen molar-refractivity contribution < 1.29 is 0 Å². The normalized spacial score (nSPS) is 13.2. The van der Waals surface area contributed by atoms with Gasteiger partial charge in [0.1, 0.15) is 5.82 Å². The molecule has 0 spiro atoms. The number of para-hydroxylation sites is 2. The van der Waals surface area contributed by atoms with Crippen molar-refractivity contribution in [1.82, 2.24) is 14.1 Å². The third-order valence-electron chi connectivity index (χ3n) is 14.1. The maximum atomic E-state index is 5.64. The van der Waals surface area contributed by atoms with Crippen LogP contribution in [0.3, 0.4) is 0 Å². The van der Waals surface area contributed by atoms with Gasteiger partial charge >= 0.3 is 0 Å². The van der Waals surface area contributed by atoms with Crippen LogP contribution in [0.15, 0.2) is 164 Å². The minimum atomic E-state index is -0.0870. The zero-order chi connectivity index (χ0) is 43.8. The van der Waals surface area contributed by atoms with Crippen LogP contribution in [0.1, 0.15) is 63.8 Å². The number of hydrogen-bond donors (Lipinski definition) is 0. The number of rotatable bonds is 4. The number of hydrogen-bond acceptors (Lipinski definition) is 2. The Bertz CT molecular complexity index is 3480. The van der Waals surface area contributed by atoms with Gasteiger partial charge in [0, 0.05) is 44.6 Å². The van der Waals surface area contributed by atoms with Gasteiger partial charge in [-0.25, -0.2) is 4.98 Å². The van der Waals surface area contributed by atoms with Gasteiger partial charge in [0.25, 0.3) is 6.71 Å². The van der Waals surface area contributed by atoms with E-state index in [9.17, 15) is 0 Å². The van der Waals surface area contributed by atoms with E-state index < -0.39 is 0 Å². The molecule has 4 nitrogen and oxygen atoms in total. The highest BCUT2D eigenvalue weighted by molar-refractivity contribution is 7.00. The first kappa shape index (κ1) is 38.6. The van der Waals surface area contributed by atoms with Crippen molar-refractivity contribution >= 4 is 73.0 Å². The Kier molecular flexibility index (Phi) is 8.25. The molecule has 10 aromatic rings. The SMILES string of the molecule is Cc1cccc(C)c1-c1nc2cc(C(C)(C)C)cc3c2n1-c1cccc2c1B3c1ccc(-n3c4ccccc4c4ccccc43)cc1N2c1ccc(C(C)(C)C)cc1-c1ccccc1. The van der Waals surface area contributed by atoms with Gasteiger partial charge in [-0.15, -0.1) is 0 Å². The van der Waals surface area contributed by atoms with Gasteiger partial charge in [-0.3, -0.25) is 4.57 Å². The van der Waals surface area contributed by atoms with Crippen LogP contribution >= 0.6 is 0 Å². The van der Waals surface area contributed by atoms with Gasteiger partial charge in [0.15, 0.2) is 0 Å². The topological polar surface area (TPSA) is 26.0 Å². The van der Waals surface area contributed by atoms with Crippen LogP contribution in [0.25, 0.3) is 66.7 Å².